The second-order valence-corrected chi connectivity index (χ2v) is 8.77. The highest BCUT2D eigenvalue weighted by atomic mass is 35.5. The van der Waals surface area contributed by atoms with Crippen molar-refractivity contribution in [2.75, 3.05) is 31.1 Å². The van der Waals surface area contributed by atoms with Gasteiger partial charge in [-0.1, -0.05) is 35.9 Å². The Morgan fingerprint density at radius 2 is 1.81 bits per heavy atom. The summed E-state index contributed by atoms with van der Waals surface area (Å²) in [5.41, 5.74) is 1.02. The second kappa shape index (κ2) is 9.45. The van der Waals surface area contributed by atoms with Gasteiger partial charge in [0.25, 0.3) is 0 Å². The standard InChI is InChI=1S/C22H23ClN6OS/c23-18-6-2-1-4-16(18)14-22(30)28-11-9-27(10-12-28)21-8-7-19(24)29(26-21)20(25)15-17-5-3-13-31-17/h1-8,13,24-25H,9-12,14-15H2. The third-order valence-electron chi connectivity index (χ3n) is 5.25. The molecule has 2 N–H and O–H groups in total. The van der Waals surface area contributed by atoms with Crippen LogP contribution in [0.3, 0.4) is 0 Å². The van der Waals surface area contributed by atoms with E-state index in [1.807, 2.05) is 40.6 Å². The Kier molecular flexibility index (Phi) is 6.48. The highest BCUT2D eigenvalue weighted by Gasteiger charge is 2.23. The van der Waals surface area contributed by atoms with Crippen molar-refractivity contribution in [1.29, 1.82) is 10.8 Å². The second-order valence-electron chi connectivity index (χ2n) is 7.33. The number of aromatic nitrogens is 2. The number of hydrogen-bond acceptors (Lipinski definition) is 6. The zero-order chi connectivity index (χ0) is 21.8. The molecule has 0 spiro atoms. The molecule has 1 amide bonds. The Morgan fingerprint density at radius 3 is 2.52 bits per heavy atom. The van der Waals surface area contributed by atoms with E-state index in [-0.39, 0.29) is 17.2 Å². The van der Waals surface area contributed by atoms with Gasteiger partial charge in [-0.15, -0.1) is 16.4 Å². The van der Waals surface area contributed by atoms with Gasteiger partial charge in [-0.3, -0.25) is 15.6 Å². The lowest BCUT2D eigenvalue weighted by molar-refractivity contribution is -0.130. The van der Waals surface area contributed by atoms with Crippen LogP contribution in [0.2, 0.25) is 5.02 Å². The Balaban J connectivity index is 1.39. The molecule has 1 aliphatic heterocycles. The molecule has 7 nitrogen and oxygen atoms in total. The number of benzene rings is 1. The highest BCUT2D eigenvalue weighted by Crippen LogP contribution is 2.18. The van der Waals surface area contributed by atoms with Crippen LogP contribution in [-0.2, 0) is 17.6 Å². The molecule has 4 rings (SSSR count). The lowest BCUT2D eigenvalue weighted by Crippen LogP contribution is -2.50. The molecular weight excluding hydrogens is 432 g/mol. The molecule has 31 heavy (non-hydrogen) atoms. The lowest BCUT2D eigenvalue weighted by Gasteiger charge is -2.35. The predicted octanol–water partition coefficient (Wildman–Crippen LogP) is 3.04. The van der Waals surface area contributed by atoms with Gasteiger partial charge >= 0.3 is 0 Å². The maximum atomic E-state index is 12.7. The van der Waals surface area contributed by atoms with Gasteiger partial charge in [0.1, 0.15) is 17.1 Å². The predicted molar refractivity (Wildman–Crippen MR) is 123 cm³/mol. The summed E-state index contributed by atoms with van der Waals surface area (Å²) < 4.78 is 1.38. The smallest absolute Gasteiger partial charge is 0.227 e. The molecule has 160 valence electrons. The van der Waals surface area contributed by atoms with Crippen molar-refractivity contribution in [1.82, 2.24) is 14.7 Å². The third-order valence-corrected chi connectivity index (χ3v) is 6.50. The molecular formula is C22H23ClN6OS. The molecule has 9 heteroatoms. The minimum atomic E-state index is 0.0648. The number of hydrogen-bond donors (Lipinski definition) is 2. The van der Waals surface area contributed by atoms with Crippen molar-refractivity contribution in [3.8, 4) is 0 Å². The maximum absolute atomic E-state index is 12.7. The SMILES string of the molecule is N=C(Cc1cccs1)n1nc(N2CCN(C(=O)Cc3ccccc3Cl)CC2)ccc1=N. The summed E-state index contributed by atoms with van der Waals surface area (Å²) in [6.07, 6.45) is 0.736. The van der Waals surface area contributed by atoms with Gasteiger partial charge in [-0.2, -0.15) is 4.68 Å². The molecule has 0 bridgehead atoms. The number of carbonyl (C=O) groups is 1. The van der Waals surface area contributed by atoms with Crippen LogP contribution in [0.5, 0.6) is 0 Å². The van der Waals surface area contributed by atoms with E-state index in [4.69, 9.17) is 22.4 Å². The molecule has 3 aromatic rings. The van der Waals surface area contributed by atoms with Crippen molar-refractivity contribution in [3.05, 3.63) is 74.9 Å². The number of thiophene rings is 1. The quantitative estimate of drug-likeness (QED) is 0.458. The number of halogens is 1. The topological polar surface area (TPSA) is 89.1 Å². The molecule has 0 unspecified atom stereocenters. The number of amides is 1. The van der Waals surface area contributed by atoms with Crippen molar-refractivity contribution >= 4 is 40.5 Å². The summed E-state index contributed by atoms with van der Waals surface area (Å²) in [6, 6.07) is 14.8. The zero-order valence-corrected chi connectivity index (χ0v) is 18.5. The summed E-state index contributed by atoms with van der Waals surface area (Å²) in [5.74, 6) is 1.04. The van der Waals surface area contributed by atoms with Crippen LogP contribution in [0.25, 0.3) is 0 Å². The number of rotatable bonds is 5. The number of nitrogens with zero attached hydrogens (tertiary/aromatic N) is 4. The highest BCUT2D eigenvalue weighted by molar-refractivity contribution is 7.10. The third kappa shape index (κ3) is 5.03. The van der Waals surface area contributed by atoms with Gasteiger partial charge in [-0.25, -0.2) is 0 Å². The van der Waals surface area contributed by atoms with Gasteiger partial charge < -0.3 is 9.80 Å². The molecule has 0 saturated carbocycles. The molecule has 1 fully saturated rings. The Hall–Kier alpha value is -2.97. The minimum Gasteiger partial charge on any atom is -0.352 e. The lowest BCUT2D eigenvalue weighted by atomic mass is 10.1. The Labute approximate surface area is 189 Å². The van der Waals surface area contributed by atoms with Gasteiger partial charge in [0, 0.05) is 42.5 Å². The summed E-state index contributed by atoms with van der Waals surface area (Å²) in [5, 5.41) is 23.6. The molecule has 1 aromatic carbocycles. The monoisotopic (exact) mass is 454 g/mol. The van der Waals surface area contributed by atoms with Crippen LogP contribution in [0, 0.1) is 10.8 Å². The van der Waals surface area contributed by atoms with E-state index >= 15 is 0 Å². The van der Waals surface area contributed by atoms with Crippen molar-refractivity contribution in [3.63, 3.8) is 0 Å². The number of anilines is 1. The van der Waals surface area contributed by atoms with E-state index < -0.39 is 0 Å². The first-order valence-corrected chi connectivity index (χ1v) is 11.3. The molecule has 3 heterocycles. The van der Waals surface area contributed by atoms with E-state index in [9.17, 15) is 4.79 Å². The van der Waals surface area contributed by atoms with E-state index in [1.54, 1.807) is 29.5 Å². The van der Waals surface area contributed by atoms with Crippen LogP contribution in [0.1, 0.15) is 10.4 Å². The van der Waals surface area contributed by atoms with E-state index in [0.29, 0.717) is 49.9 Å². The molecule has 2 aromatic heterocycles. The van der Waals surface area contributed by atoms with E-state index in [1.165, 1.54) is 4.68 Å². The summed E-state index contributed by atoms with van der Waals surface area (Å²) in [7, 11) is 0. The fraction of sp³-hybridized carbons (Fsp3) is 0.273. The minimum absolute atomic E-state index is 0.0648. The fourth-order valence-electron chi connectivity index (χ4n) is 3.54. The van der Waals surface area contributed by atoms with Crippen LogP contribution in [0.15, 0.2) is 53.9 Å². The first kappa shape index (κ1) is 21.3. The molecule has 1 saturated heterocycles. The fourth-order valence-corrected chi connectivity index (χ4v) is 4.45. The number of nitrogens with one attached hydrogen (secondary N) is 2. The van der Waals surface area contributed by atoms with Crippen LogP contribution in [-0.4, -0.2) is 52.6 Å². The summed E-state index contributed by atoms with van der Waals surface area (Å²) in [4.78, 5) is 17.7. The van der Waals surface area contributed by atoms with Gasteiger partial charge in [0.2, 0.25) is 5.91 Å². The van der Waals surface area contributed by atoms with Crippen LogP contribution >= 0.6 is 22.9 Å². The van der Waals surface area contributed by atoms with Gasteiger partial charge in [0.15, 0.2) is 0 Å². The first-order valence-electron chi connectivity index (χ1n) is 10.0. The number of piperazine rings is 1. The molecule has 0 atom stereocenters. The van der Waals surface area contributed by atoms with Crippen molar-refractivity contribution in [2.45, 2.75) is 12.8 Å². The average Bonchev–Trinajstić information content (AvgIpc) is 3.29. The molecule has 0 radical (unpaired) electrons. The van der Waals surface area contributed by atoms with E-state index in [0.717, 1.165) is 10.4 Å². The zero-order valence-electron chi connectivity index (χ0n) is 16.9. The molecule has 0 aliphatic carbocycles. The van der Waals surface area contributed by atoms with Crippen molar-refractivity contribution < 1.29 is 4.79 Å². The van der Waals surface area contributed by atoms with Gasteiger partial charge in [0.05, 0.1) is 6.42 Å². The largest absolute Gasteiger partial charge is 0.352 e. The maximum Gasteiger partial charge on any atom is 0.227 e. The summed E-state index contributed by atoms with van der Waals surface area (Å²) in [6.45, 7) is 2.49. The van der Waals surface area contributed by atoms with E-state index in [2.05, 4.69) is 10.00 Å². The van der Waals surface area contributed by atoms with Crippen LogP contribution < -0.4 is 10.4 Å². The Bertz CT molecular complexity index is 1130. The summed E-state index contributed by atoms with van der Waals surface area (Å²) >= 11 is 7.78. The molecule has 1 aliphatic rings. The van der Waals surface area contributed by atoms with Crippen LogP contribution in [0.4, 0.5) is 5.82 Å². The number of carbonyl (C=O) groups excluding carboxylic acids is 1. The van der Waals surface area contributed by atoms with Gasteiger partial charge in [-0.05, 0) is 35.2 Å². The Morgan fingerprint density at radius 1 is 1.03 bits per heavy atom. The van der Waals surface area contributed by atoms with Crippen molar-refractivity contribution in [2.24, 2.45) is 0 Å². The average molecular weight is 455 g/mol. The normalized spacial score (nSPS) is 14.0. The first-order chi connectivity index (χ1) is 15.0.